The molecule has 1 rings (SSSR count). The van der Waals surface area contributed by atoms with E-state index in [1.807, 2.05) is 0 Å². The molecule has 2 N–H and O–H groups in total. The molecule has 3 nitrogen and oxygen atoms in total. The Balaban J connectivity index is 3.27. The van der Waals surface area contributed by atoms with Crippen molar-refractivity contribution in [2.45, 2.75) is 0 Å². The lowest BCUT2D eigenvalue weighted by Crippen LogP contribution is -1.80. The Hall–Kier alpha value is -1.51. The van der Waals surface area contributed by atoms with Crippen LogP contribution in [0.5, 0.6) is 11.5 Å². The predicted octanol–water partition coefficient (Wildman–Crippen LogP) is 0.556. The van der Waals surface area contributed by atoms with Crippen molar-refractivity contribution in [3.63, 3.8) is 0 Å². The zero-order chi connectivity index (χ0) is 7.56. The Bertz CT molecular complexity index is 255. The van der Waals surface area contributed by atoms with E-state index >= 15 is 0 Å². The highest BCUT2D eigenvalue weighted by molar-refractivity contribution is 5.80. The maximum Gasteiger partial charge on any atom is 0.237 e. The lowest BCUT2D eigenvalue weighted by atomic mass is 10.2. The van der Waals surface area contributed by atoms with Crippen molar-refractivity contribution in [1.82, 2.24) is 0 Å². The molecule has 0 aromatic heterocycles. The average molecular weight is 137 g/mol. The van der Waals surface area contributed by atoms with Crippen LogP contribution >= 0.6 is 0 Å². The van der Waals surface area contributed by atoms with E-state index in [0.29, 0.717) is 0 Å². The Kier molecular flexibility index (Phi) is 1.58. The van der Waals surface area contributed by atoms with Crippen LogP contribution in [0.1, 0.15) is 5.56 Å². The Morgan fingerprint density at radius 3 is 2.50 bits per heavy atom. The lowest BCUT2D eigenvalue weighted by Gasteiger charge is -1.96. The van der Waals surface area contributed by atoms with Crippen molar-refractivity contribution in [3.8, 4) is 11.5 Å². The van der Waals surface area contributed by atoms with Crippen LogP contribution in [-0.2, 0) is 4.79 Å². The summed E-state index contributed by atoms with van der Waals surface area (Å²) in [5.41, 5.74) is -0.0278. The van der Waals surface area contributed by atoms with Crippen molar-refractivity contribution in [1.29, 1.82) is 0 Å². The van der Waals surface area contributed by atoms with Gasteiger partial charge in [0.15, 0.2) is 11.5 Å². The summed E-state index contributed by atoms with van der Waals surface area (Å²) in [6, 6.07) is 4.10. The summed E-state index contributed by atoms with van der Waals surface area (Å²) in [5, 5.41) is 17.7. The molecule has 0 unspecified atom stereocenters. The second kappa shape index (κ2) is 2.39. The van der Waals surface area contributed by atoms with Gasteiger partial charge >= 0.3 is 0 Å². The fourth-order valence-corrected chi connectivity index (χ4v) is 0.614. The van der Waals surface area contributed by atoms with Crippen molar-refractivity contribution in [2.24, 2.45) is 0 Å². The molecule has 10 heavy (non-hydrogen) atoms. The molecule has 0 aliphatic carbocycles. The Morgan fingerprint density at radius 2 is 2.00 bits per heavy atom. The van der Waals surface area contributed by atoms with Crippen LogP contribution in [-0.4, -0.2) is 16.5 Å². The highest BCUT2D eigenvalue weighted by Gasteiger charge is 2.03. The van der Waals surface area contributed by atoms with Gasteiger partial charge in [0.1, 0.15) is 0 Å². The van der Waals surface area contributed by atoms with E-state index in [9.17, 15) is 4.79 Å². The number of rotatable bonds is 1. The van der Waals surface area contributed by atoms with Gasteiger partial charge in [-0.3, -0.25) is 4.79 Å². The second-order valence-corrected chi connectivity index (χ2v) is 1.78. The van der Waals surface area contributed by atoms with Crippen LogP contribution in [0.25, 0.3) is 0 Å². The number of benzene rings is 1. The Morgan fingerprint density at radius 1 is 1.30 bits per heavy atom. The summed E-state index contributed by atoms with van der Waals surface area (Å²) in [4.78, 5) is 9.98. The fourth-order valence-electron chi connectivity index (χ4n) is 0.614. The number of para-hydroxylation sites is 1. The molecule has 0 saturated heterocycles. The summed E-state index contributed by atoms with van der Waals surface area (Å²) in [6.45, 7) is 0. The predicted molar refractivity (Wildman–Crippen MR) is 34.6 cm³/mol. The standard InChI is InChI=1S/C7H5O3/c8-4-5-2-1-3-6(9)7(5)10/h1-3,9-10H. The molecule has 0 fully saturated rings. The normalized spacial score (nSPS) is 9.20. The van der Waals surface area contributed by atoms with Gasteiger partial charge in [-0.05, 0) is 12.1 Å². The number of hydrogen-bond donors (Lipinski definition) is 2. The summed E-state index contributed by atoms with van der Waals surface area (Å²) in [6.07, 6.45) is 1.48. The zero-order valence-corrected chi connectivity index (χ0v) is 5.03. The first-order valence-electron chi connectivity index (χ1n) is 2.65. The molecule has 0 saturated carbocycles. The SMILES string of the molecule is O=[C]c1cccc(O)c1O. The topological polar surface area (TPSA) is 57.5 Å². The number of phenols is 2. The third-order valence-corrected chi connectivity index (χ3v) is 1.12. The minimum atomic E-state index is -0.419. The smallest absolute Gasteiger partial charge is 0.237 e. The summed E-state index contributed by atoms with van der Waals surface area (Å²) >= 11 is 0. The van der Waals surface area contributed by atoms with Gasteiger partial charge in [-0.25, -0.2) is 0 Å². The van der Waals surface area contributed by atoms with E-state index in [1.54, 1.807) is 0 Å². The lowest BCUT2D eigenvalue weighted by molar-refractivity contribution is 0.402. The van der Waals surface area contributed by atoms with E-state index in [-0.39, 0.29) is 11.3 Å². The number of phenolic OH excluding ortho intramolecular Hbond substituents is 2. The molecular formula is C7H5O3. The maximum absolute atomic E-state index is 9.98. The molecule has 1 aromatic carbocycles. The molecular weight excluding hydrogens is 132 g/mol. The first-order valence-corrected chi connectivity index (χ1v) is 2.65. The van der Waals surface area contributed by atoms with Crippen LogP contribution in [0.4, 0.5) is 0 Å². The maximum atomic E-state index is 9.98. The third-order valence-electron chi connectivity index (χ3n) is 1.12. The fraction of sp³-hybridized carbons (Fsp3) is 0. The van der Waals surface area contributed by atoms with Gasteiger partial charge in [-0.2, -0.15) is 0 Å². The average Bonchev–Trinajstić information content (AvgIpc) is 1.95. The van der Waals surface area contributed by atoms with E-state index in [4.69, 9.17) is 10.2 Å². The van der Waals surface area contributed by atoms with Crippen molar-refractivity contribution >= 4 is 6.29 Å². The molecule has 0 spiro atoms. The molecule has 0 amide bonds. The molecule has 0 bridgehead atoms. The Labute approximate surface area is 57.5 Å². The number of carbonyl (C=O) groups excluding carboxylic acids is 1. The van der Waals surface area contributed by atoms with E-state index < -0.39 is 5.75 Å². The number of hydrogen-bond acceptors (Lipinski definition) is 3. The minimum Gasteiger partial charge on any atom is -0.504 e. The van der Waals surface area contributed by atoms with Crippen LogP contribution in [0.15, 0.2) is 18.2 Å². The van der Waals surface area contributed by atoms with Gasteiger partial charge in [-0.1, -0.05) is 6.07 Å². The van der Waals surface area contributed by atoms with Gasteiger partial charge in [0.25, 0.3) is 0 Å². The molecule has 1 aromatic rings. The van der Waals surface area contributed by atoms with Gasteiger partial charge in [0.05, 0.1) is 5.56 Å². The number of aromatic hydroxyl groups is 2. The van der Waals surface area contributed by atoms with Crippen LogP contribution in [0.2, 0.25) is 0 Å². The van der Waals surface area contributed by atoms with Crippen molar-refractivity contribution < 1.29 is 15.0 Å². The van der Waals surface area contributed by atoms with Crippen LogP contribution in [0, 0.1) is 0 Å². The highest BCUT2D eigenvalue weighted by Crippen LogP contribution is 2.26. The monoisotopic (exact) mass is 137 g/mol. The largest absolute Gasteiger partial charge is 0.504 e. The zero-order valence-electron chi connectivity index (χ0n) is 5.03. The van der Waals surface area contributed by atoms with Gasteiger partial charge in [-0.15, -0.1) is 0 Å². The minimum absolute atomic E-state index is 0.0278. The van der Waals surface area contributed by atoms with E-state index in [2.05, 4.69) is 0 Å². The summed E-state index contributed by atoms with van der Waals surface area (Å²) in [7, 11) is 0. The third kappa shape index (κ3) is 0.932. The van der Waals surface area contributed by atoms with Crippen LogP contribution < -0.4 is 0 Å². The summed E-state index contributed by atoms with van der Waals surface area (Å²) in [5.74, 6) is -0.724. The molecule has 0 aliphatic rings. The molecule has 51 valence electrons. The second-order valence-electron chi connectivity index (χ2n) is 1.78. The van der Waals surface area contributed by atoms with Crippen molar-refractivity contribution in [3.05, 3.63) is 23.8 Å². The molecule has 0 atom stereocenters. The molecule has 0 heterocycles. The highest BCUT2D eigenvalue weighted by atomic mass is 16.3. The van der Waals surface area contributed by atoms with Gasteiger partial charge < -0.3 is 10.2 Å². The van der Waals surface area contributed by atoms with Gasteiger partial charge in [0.2, 0.25) is 6.29 Å². The van der Waals surface area contributed by atoms with Crippen LogP contribution in [0.3, 0.4) is 0 Å². The van der Waals surface area contributed by atoms with E-state index in [0.717, 1.165) is 0 Å². The summed E-state index contributed by atoms with van der Waals surface area (Å²) < 4.78 is 0. The first kappa shape index (κ1) is 6.61. The van der Waals surface area contributed by atoms with E-state index in [1.165, 1.54) is 24.5 Å². The molecule has 0 aliphatic heterocycles. The molecule has 1 radical (unpaired) electrons. The van der Waals surface area contributed by atoms with Gasteiger partial charge in [0, 0.05) is 0 Å². The van der Waals surface area contributed by atoms with Crippen molar-refractivity contribution in [2.75, 3.05) is 0 Å². The first-order chi connectivity index (χ1) is 4.75. The molecule has 3 heteroatoms. The quantitative estimate of drug-likeness (QED) is 0.556.